The van der Waals surface area contributed by atoms with Gasteiger partial charge in [-0.1, -0.05) is 25.7 Å². The van der Waals surface area contributed by atoms with E-state index in [1.807, 2.05) is 0 Å². The molecule has 0 aromatic rings. The van der Waals surface area contributed by atoms with Gasteiger partial charge in [0.25, 0.3) is 0 Å². The molecule has 1 atom stereocenters. The average Bonchev–Trinajstić information content (AvgIpc) is 2.36. The monoisotopic (exact) mass is 150 g/mol. The van der Waals surface area contributed by atoms with Crippen LogP contribution in [0.2, 0.25) is 0 Å². The van der Waals surface area contributed by atoms with Gasteiger partial charge in [-0.3, -0.25) is 4.79 Å². The Hall–Kier alpha value is -0.850. The largest absolute Gasteiger partial charge is 0.295 e. The highest BCUT2D eigenvalue weighted by molar-refractivity contribution is 5.89. The fourth-order valence-corrected chi connectivity index (χ4v) is 1.48. The van der Waals surface area contributed by atoms with E-state index in [4.69, 9.17) is 0 Å². The normalized spacial score (nSPS) is 28.8. The lowest BCUT2D eigenvalue weighted by atomic mass is 9.85. The fraction of sp³-hybridized carbons (Fsp3) is 0.500. The van der Waals surface area contributed by atoms with Crippen LogP contribution in [0.25, 0.3) is 0 Å². The molecule has 1 aliphatic rings. The van der Waals surface area contributed by atoms with Gasteiger partial charge in [0, 0.05) is 6.42 Å². The van der Waals surface area contributed by atoms with Crippen molar-refractivity contribution in [3.63, 3.8) is 0 Å². The third-order valence-corrected chi connectivity index (χ3v) is 2.21. The van der Waals surface area contributed by atoms with Crippen LogP contribution in [0.4, 0.5) is 0 Å². The molecule has 0 fully saturated rings. The molecule has 1 nitrogen and oxygen atoms in total. The molecule has 0 aromatic heterocycles. The number of carbonyl (C=O) groups is 1. The first-order valence-corrected chi connectivity index (χ1v) is 3.99. The number of allylic oxidation sites excluding steroid dienone is 3. The minimum absolute atomic E-state index is 0.116. The number of rotatable bonds is 3. The van der Waals surface area contributed by atoms with Crippen molar-refractivity contribution in [1.29, 1.82) is 0 Å². The lowest BCUT2D eigenvalue weighted by Crippen LogP contribution is -2.14. The van der Waals surface area contributed by atoms with Crippen LogP contribution in [0.5, 0.6) is 0 Å². The SMILES string of the molecule is C=CC(=O)CC1(C)C=CCC1. The number of hydrogen-bond acceptors (Lipinski definition) is 1. The van der Waals surface area contributed by atoms with Crippen LogP contribution in [0, 0.1) is 5.41 Å². The summed E-state index contributed by atoms with van der Waals surface area (Å²) in [6, 6.07) is 0. The van der Waals surface area contributed by atoms with Crippen molar-refractivity contribution in [2.45, 2.75) is 26.2 Å². The van der Waals surface area contributed by atoms with E-state index in [0.717, 1.165) is 12.8 Å². The van der Waals surface area contributed by atoms with E-state index in [0.29, 0.717) is 6.42 Å². The molecule has 1 rings (SSSR count). The Morgan fingerprint density at radius 3 is 3.00 bits per heavy atom. The van der Waals surface area contributed by atoms with Gasteiger partial charge in [-0.15, -0.1) is 0 Å². The Labute approximate surface area is 67.8 Å². The molecule has 11 heavy (non-hydrogen) atoms. The minimum atomic E-state index is 0.116. The van der Waals surface area contributed by atoms with Crippen molar-refractivity contribution in [1.82, 2.24) is 0 Å². The molecule has 60 valence electrons. The molecule has 1 aliphatic carbocycles. The van der Waals surface area contributed by atoms with Crippen LogP contribution in [-0.2, 0) is 4.79 Å². The van der Waals surface area contributed by atoms with Gasteiger partial charge in [0.05, 0.1) is 0 Å². The molecule has 0 heterocycles. The van der Waals surface area contributed by atoms with Crippen molar-refractivity contribution in [3.05, 3.63) is 24.8 Å². The molecule has 0 saturated heterocycles. The third-order valence-electron chi connectivity index (χ3n) is 2.21. The van der Waals surface area contributed by atoms with Gasteiger partial charge in [-0.05, 0) is 24.3 Å². The molecular weight excluding hydrogens is 136 g/mol. The summed E-state index contributed by atoms with van der Waals surface area (Å²) in [5.41, 5.74) is 0.116. The molecule has 1 heteroatoms. The maximum absolute atomic E-state index is 11.0. The lowest BCUT2D eigenvalue weighted by molar-refractivity contribution is -0.116. The van der Waals surface area contributed by atoms with E-state index in [-0.39, 0.29) is 11.2 Å². The van der Waals surface area contributed by atoms with E-state index >= 15 is 0 Å². The molecule has 0 spiro atoms. The fourth-order valence-electron chi connectivity index (χ4n) is 1.48. The zero-order chi connectivity index (χ0) is 8.32. The molecule has 0 N–H and O–H groups in total. The summed E-state index contributed by atoms with van der Waals surface area (Å²) >= 11 is 0. The molecular formula is C10H14O. The summed E-state index contributed by atoms with van der Waals surface area (Å²) in [5.74, 6) is 0.152. The molecule has 0 aromatic carbocycles. The first kappa shape index (κ1) is 8.25. The molecule has 1 unspecified atom stereocenters. The van der Waals surface area contributed by atoms with Crippen LogP contribution in [0.1, 0.15) is 26.2 Å². The van der Waals surface area contributed by atoms with Gasteiger partial charge in [0.2, 0.25) is 0 Å². The van der Waals surface area contributed by atoms with E-state index in [1.165, 1.54) is 6.08 Å². The maximum Gasteiger partial charge on any atom is 0.155 e. The van der Waals surface area contributed by atoms with Gasteiger partial charge in [0.15, 0.2) is 5.78 Å². The van der Waals surface area contributed by atoms with Crippen LogP contribution < -0.4 is 0 Å². The van der Waals surface area contributed by atoms with Gasteiger partial charge in [-0.2, -0.15) is 0 Å². The predicted molar refractivity (Wildman–Crippen MR) is 46.3 cm³/mol. The topological polar surface area (TPSA) is 17.1 Å². The van der Waals surface area contributed by atoms with E-state index in [1.54, 1.807) is 0 Å². The number of hydrogen-bond donors (Lipinski definition) is 0. The lowest BCUT2D eigenvalue weighted by Gasteiger charge is -2.19. The molecule has 0 radical (unpaired) electrons. The summed E-state index contributed by atoms with van der Waals surface area (Å²) in [7, 11) is 0. The van der Waals surface area contributed by atoms with Crippen molar-refractivity contribution in [2.75, 3.05) is 0 Å². The third kappa shape index (κ3) is 2.04. The number of ketones is 1. The first-order valence-electron chi connectivity index (χ1n) is 3.99. The summed E-state index contributed by atoms with van der Waals surface area (Å²) in [6.45, 7) is 5.58. The Kier molecular flexibility index (Phi) is 2.28. The van der Waals surface area contributed by atoms with Gasteiger partial charge in [0.1, 0.15) is 0 Å². The summed E-state index contributed by atoms with van der Waals surface area (Å²) in [4.78, 5) is 11.0. The van der Waals surface area contributed by atoms with Gasteiger partial charge < -0.3 is 0 Å². The van der Waals surface area contributed by atoms with Gasteiger partial charge in [-0.25, -0.2) is 0 Å². The Morgan fingerprint density at radius 2 is 2.55 bits per heavy atom. The van der Waals surface area contributed by atoms with E-state index in [2.05, 4.69) is 25.7 Å². The highest BCUT2D eigenvalue weighted by Crippen LogP contribution is 2.34. The maximum atomic E-state index is 11.0. The van der Waals surface area contributed by atoms with Crippen molar-refractivity contribution < 1.29 is 4.79 Å². The smallest absolute Gasteiger partial charge is 0.155 e. The molecule has 0 amide bonds. The van der Waals surface area contributed by atoms with Crippen LogP contribution in [0.15, 0.2) is 24.8 Å². The average molecular weight is 150 g/mol. The first-order chi connectivity index (χ1) is 5.16. The summed E-state index contributed by atoms with van der Waals surface area (Å²) in [5, 5.41) is 0. The Balaban J connectivity index is 2.53. The minimum Gasteiger partial charge on any atom is -0.295 e. The highest BCUT2D eigenvalue weighted by Gasteiger charge is 2.25. The molecule has 0 saturated carbocycles. The van der Waals surface area contributed by atoms with Crippen LogP contribution in [-0.4, -0.2) is 5.78 Å². The predicted octanol–water partition coefficient (Wildman–Crippen LogP) is 2.49. The second-order valence-corrected chi connectivity index (χ2v) is 3.44. The zero-order valence-corrected chi connectivity index (χ0v) is 6.97. The quantitative estimate of drug-likeness (QED) is 0.446. The van der Waals surface area contributed by atoms with Crippen LogP contribution >= 0.6 is 0 Å². The van der Waals surface area contributed by atoms with Crippen molar-refractivity contribution in [3.8, 4) is 0 Å². The second kappa shape index (κ2) is 3.04. The van der Waals surface area contributed by atoms with Gasteiger partial charge >= 0.3 is 0 Å². The Morgan fingerprint density at radius 1 is 1.82 bits per heavy atom. The summed E-state index contributed by atoms with van der Waals surface area (Å²) < 4.78 is 0. The number of carbonyl (C=O) groups excluding carboxylic acids is 1. The summed E-state index contributed by atoms with van der Waals surface area (Å²) in [6.07, 6.45) is 8.54. The standard InChI is InChI=1S/C10H14O/c1-3-9(11)8-10(2)6-4-5-7-10/h3-4,6H,1,5,7-8H2,2H3. The molecule has 0 bridgehead atoms. The zero-order valence-electron chi connectivity index (χ0n) is 6.97. The van der Waals surface area contributed by atoms with E-state index in [9.17, 15) is 4.79 Å². The van der Waals surface area contributed by atoms with Crippen molar-refractivity contribution in [2.24, 2.45) is 5.41 Å². The second-order valence-electron chi connectivity index (χ2n) is 3.44. The van der Waals surface area contributed by atoms with Crippen molar-refractivity contribution >= 4 is 5.78 Å². The Bertz CT molecular complexity index is 203. The van der Waals surface area contributed by atoms with Crippen LogP contribution in [0.3, 0.4) is 0 Å². The highest BCUT2D eigenvalue weighted by atomic mass is 16.1. The van der Waals surface area contributed by atoms with E-state index < -0.39 is 0 Å². The molecule has 0 aliphatic heterocycles.